The lowest BCUT2D eigenvalue weighted by Gasteiger charge is -2.29. The van der Waals surface area contributed by atoms with Gasteiger partial charge in [0, 0.05) is 13.8 Å². The van der Waals surface area contributed by atoms with E-state index in [4.69, 9.17) is 9.47 Å². The van der Waals surface area contributed by atoms with Crippen LogP contribution in [0.4, 0.5) is 0 Å². The highest BCUT2D eigenvalue weighted by atomic mass is 16.7. The molecule has 0 aliphatic carbocycles. The molecule has 1 rings (SSSR count). The maximum absolute atomic E-state index is 12.4. The fourth-order valence-electron chi connectivity index (χ4n) is 10.2. The minimum Gasteiger partial charge on any atom is -0.454 e. The van der Waals surface area contributed by atoms with Gasteiger partial charge in [0.2, 0.25) is 6.29 Å². The molecule has 0 aliphatic rings. The monoisotopic (exact) mass is 881 g/mol. The molecule has 1 atom stereocenters. The topological polar surface area (TPSA) is 35.5 Å². The summed E-state index contributed by atoms with van der Waals surface area (Å²) >= 11 is 0. The molecule has 370 valence electrons. The van der Waals surface area contributed by atoms with Crippen molar-refractivity contribution in [2.24, 2.45) is 0 Å². The summed E-state index contributed by atoms with van der Waals surface area (Å²) in [6, 6.07) is 0. The van der Waals surface area contributed by atoms with E-state index in [0.717, 1.165) is 18.6 Å². The second kappa shape index (κ2) is 44.3. The third-order valence-electron chi connectivity index (χ3n) is 14.0. The molecule has 0 radical (unpaired) electrons. The summed E-state index contributed by atoms with van der Waals surface area (Å²) in [5.74, 6) is 0.889. The van der Waals surface area contributed by atoms with Gasteiger partial charge in [-0.05, 0) is 92.0 Å². The van der Waals surface area contributed by atoms with Crippen LogP contribution in [0.2, 0.25) is 0 Å². The highest BCUT2D eigenvalue weighted by Gasteiger charge is 2.26. The molecule has 1 aromatic rings. The first-order valence-corrected chi connectivity index (χ1v) is 29.0. The van der Waals surface area contributed by atoms with Crippen molar-refractivity contribution in [3.05, 3.63) is 27.8 Å². The van der Waals surface area contributed by atoms with Crippen LogP contribution in [0.3, 0.4) is 0 Å². The maximum atomic E-state index is 12.4. The molecule has 0 amide bonds. The quantitative estimate of drug-likeness (QED) is 0.0372. The van der Waals surface area contributed by atoms with Crippen molar-refractivity contribution >= 4 is 5.97 Å². The summed E-state index contributed by atoms with van der Waals surface area (Å²) < 4.78 is 12.9. The van der Waals surface area contributed by atoms with E-state index in [-0.39, 0.29) is 5.97 Å². The van der Waals surface area contributed by atoms with E-state index in [9.17, 15) is 4.79 Å². The fourth-order valence-corrected chi connectivity index (χ4v) is 10.2. The van der Waals surface area contributed by atoms with Crippen molar-refractivity contribution in [3.63, 3.8) is 0 Å². The number of benzene rings is 1. The Morgan fingerprint density at radius 1 is 0.317 bits per heavy atom. The minimum atomic E-state index is -0.581. The number of rotatable bonds is 48. The van der Waals surface area contributed by atoms with Crippen molar-refractivity contribution in [3.8, 4) is 5.75 Å². The zero-order valence-electron chi connectivity index (χ0n) is 44.1. The third-order valence-corrected chi connectivity index (χ3v) is 14.0. The van der Waals surface area contributed by atoms with Crippen molar-refractivity contribution in [2.45, 2.75) is 344 Å². The first kappa shape index (κ1) is 59.5. The summed E-state index contributed by atoms with van der Waals surface area (Å²) in [4.78, 5) is 12.4. The Morgan fingerprint density at radius 2 is 0.508 bits per heavy atom. The molecule has 1 aromatic carbocycles. The number of hydrogen-bond donors (Lipinski definition) is 0. The van der Waals surface area contributed by atoms with Crippen LogP contribution in [0, 0.1) is 0 Å². The van der Waals surface area contributed by atoms with Crippen LogP contribution in [-0.4, -0.2) is 12.3 Å². The van der Waals surface area contributed by atoms with Crippen LogP contribution in [0.5, 0.6) is 5.75 Å². The maximum Gasteiger partial charge on any atom is 0.305 e. The molecule has 0 bridgehead atoms. The molecule has 1 unspecified atom stereocenters. The molecular formula is C60H112O3. The summed E-state index contributed by atoms with van der Waals surface area (Å²) in [7, 11) is 0. The molecule has 0 saturated carbocycles. The smallest absolute Gasteiger partial charge is 0.305 e. The van der Waals surface area contributed by atoms with Gasteiger partial charge in [-0.2, -0.15) is 0 Å². The number of esters is 1. The highest BCUT2D eigenvalue weighted by Crippen LogP contribution is 2.40. The van der Waals surface area contributed by atoms with Gasteiger partial charge in [0.15, 0.2) is 0 Å². The van der Waals surface area contributed by atoms with Gasteiger partial charge in [-0.3, -0.25) is 4.79 Å². The Bertz CT molecular complexity index is 1090. The van der Waals surface area contributed by atoms with Crippen LogP contribution in [-0.2, 0) is 41.6 Å². The number of carbonyl (C=O) groups excluding carboxylic acids is 1. The summed E-state index contributed by atoms with van der Waals surface area (Å²) in [5, 5.41) is 0. The van der Waals surface area contributed by atoms with Gasteiger partial charge < -0.3 is 9.47 Å². The molecule has 0 aliphatic heterocycles. The minimum absolute atomic E-state index is 0.249. The number of hydrogen-bond acceptors (Lipinski definition) is 3. The van der Waals surface area contributed by atoms with Gasteiger partial charge in [-0.25, -0.2) is 0 Å². The Labute approximate surface area is 396 Å². The van der Waals surface area contributed by atoms with Crippen molar-refractivity contribution < 1.29 is 14.3 Å². The van der Waals surface area contributed by atoms with Crippen molar-refractivity contribution in [2.75, 3.05) is 0 Å². The first-order valence-electron chi connectivity index (χ1n) is 29.0. The lowest BCUT2D eigenvalue weighted by Crippen LogP contribution is -2.22. The standard InChI is InChI=1S/C60H112O3/c1-8-13-18-23-28-33-38-43-48-55-56(49-44-39-34-29-24-19-14-9-2)58(51-46-41-36-31-26-21-16-11-4)60(63-54(7)62-53(6)61)59(52-47-42-37-32-27-22-17-12-5)57(55)50-45-40-35-30-25-20-15-10-3/h54H,8-52H2,1-7H3. The summed E-state index contributed by atoms with van der Waals surface area (Å²) in [5.41, 5.74) is 8.07. The SMILES string of the molecule is CCCCCCCCCCc1c(CCCCCCCCCC)c(CCCCCCCCCC)c(OC(C)OC(C)=O)c(CCCCCCCCCC)c1CCCCCCCCCC. The Kier molecular flexibility index (Phi) is 41.9. The van der Waals surface area contributed by atoms with E-state index >= 15 is 0 Å². The van der Waals surface area contributed by atoms with Gasteiger partial charge in [0.05, 0.1) is 0 Å². The second-order valence-corrected chi connectivity index (χ2v) is 20.1. The highest BCUT2D eigenvalue weighted by molar-refractivity contribution is 5.66. The van der Waals surface area contributed by atoms with Crippen LogP contribution in [0.1, 0.15) is 333 Å². The lowest BCUT2D eigenvalue weighted by atomic mass is 9.80. The third kappa shape index (κ3) is 31.9. The Balaban J connectivity index is 3.76. The summed E-state index contributed by atoms with van der Waals surface area (Å²) in [6.45, 7) is 15.1. The predicted molar refractivity (Wildman–Crippen MR) is 280 cm³/mol. The van der Waals surface area contributed by atoms with Gasteiger partial charge in [0.25, 0.3) is 0 Å². The fraction of sp³-hybridized carbons (Fsp3) is 0.883. The molecule has 63 heavy (non-hydrogen) atoms. The average Bonchev–Trinajstić information content (AvgIpc) is 3.27. The van der Waals surface area contributed by atoms with Gasteiger partial charge in [-0.1, -0.05) is 259 Å². The molecule has 0 fully saturated rings. The zero-order valence-corrected chi connectivity index (χ0v) is 44.1. The van der Waals surface area contributed by atoms with Crippen LogP contribution in [0.25, 0.3) is 0 Å². The van der Waals surface area contributed by atoms with Crippen LogP contribution < -0.4 is 4.74 Å². The van der Waals surface area contributed by atoms with E-state index in [1.807, 2.05) is 6.92 Å². The van der Waals surface area contributed by atoms with Gasteiger partial charge in [0.1, 0.15) is 5.75 Å². The lowest BCUT2D eigenvalue weighted by molar-refractivity contribution is -0.158. The normalized spacial score (nSPS) is 12.0. The van der Waals surface area contributed by atoms with Gasteiger partial charge in [-0.15, -0.1) is 0 Å². The Morgan fingerprint density at radius 3 is 0.730 bits per heavy atom. The zero-order chi connectivity index (χ0) is 45.9. The summed E-state index contributed by atoms with van der Waals surface area (Å²) in [6.07, 6.45) is 59.1. The molecule has 0 spiro atoms. The molecule has 0 heterocycles. The predicted octanol–water partition coefficient (Wildman–Crippen LogP) is 20.4. The molecule has 0 saturated heterocycles. The van der Waals surface area contributed by atoms with E-state index in [2.05, 4.69) is 34.6 Å². The Hall–Kier alpha value is -1.51. The largest absolute Gasteiger partial charge is 0.454 e. The van der Waals surface area contributed by atoms with E-state index in [0.29, 0.717) is 0 Å². The number of carbonyl (C=O) groups is 1. The van der Waals surface area contributed by atoms with E-state index in [1.54, 1.807) is 16.7 Å². The van der Waals surface area contributed by atoms with Crippen molar-refractivity contribution in [1.29, 1.82) is 0 Å². The van der Waals surface area contributed by atoms with Crippen molar-refractivity contribution in [1.82, 2.24) is 0 Å². The molecular weight excluding hydrogens is 769 g/mol. The molecule has 0 aromatic heterocycles. The average molecular weight is 882 g/mol. The second-order valence-electron chi connectivity index (χ2n) is 20.1. The van der Waals surface area contributed by atoms with E-state index < -0.39 is 6.29 Å². The number of ether oxygens (including phenoxy) is 2. The van der Waals surface area contributed by atoms with Crippen LogP contribution >= 0.6 is 0 Å². The van der Waals surface area contributed by atoms with E-state index in [1.165, 1.54) is 294 Å². The molecule has 3 nitrogen and oxygen atoms in total. The van der Waals surface area contributed by atoms with Gasteiger partial charge >= 0.3 is 5.97 Å². The molecule has 3 heteroatoms. The number of unbranched alkanes of at least 4 members (excludes halogenated alkanes) is 35. The first-order chi connectivity index (χ1) is 30.9. The molecule has 0 N–H and O–H groups in total. The van der Waals surface area contributed by atoms with Crippen LogP contribution in [0.15, 0.2) is 0 Å².